The normalized spacial score (nSPS) is 11.1. The van der Waals surface area contributed by atoms with E-state index in [0.717, 1.165) is 22.2 Å². The number of rotatable bonds is 3. The Bertz CT molecular complexity index is 978. The van der Waals surface area contributed by atoms with Crippen molar-refractivity contribution in [3.8, 4) is 11.5 Å². The molecule has 0 bridgehead atoms. The first kappa shape index (κ1) is 14.8. The van der Waals surface area contributed by atoms with Crippen molar-refractivity contribution >= 4 is 22.7 Å². The number of benzene rings is 2. The zero-order chi connectivity index (χ0) is 16.5. The number of oxazole rings is 1. The molecule has 0 saturated carbocycles. The van der Waals surface area contributed by atoms with E-state index in [9.17, 15) is 4.39 Å². The number of aromatic nitrogens is 2. The molecule has 0 radical (unpaired) electrons. The highest BCUT2D eigenvalue weighted by Gasteiger charge is 2.11. The molecule has 0 atom stereocenters. The fraction of sp³-hybridized carbons (Fsp3) is 0.0526. The molecular weight excluding hydrogens is 327 g/mol. The zero-order valence-electron chi connectivity index (χ0n) is 12.6. The maximum Gasteiger partial charge on any atom is 0.227 e. The fourth-order valence-electron chi connectivity index (χ4n) is 2.55. The van der Waals surface area contributed by atoms with Gasteiger partial charge in [0.25, 0.3) is 0 Å². The van der Waals surface area contributed by atoms with Crippen molar-refractivity contribution in [1.29, 1.82) is 0 Å². The summed E-state index contributed by atoms with van der Waals surface area (Å²) >= 11 is 6.07. The van der Waals surface area contributed by atoms with Crippen molar-refractivity contribution in [3.05, 3.63) is 83.4 Å². The summed E-state index contributed by atoms with van der Waals surface area (Å²) in [5.74, 6) is 0.253. The van der Waals surface area contributed by atoms with E-state index in [2.05, 4.69) is 4.98 Å². The first-order valence-corrected chi connectivity index (χ1v) is 7.86. The molecule has 0 aliphatic rings. The summed E-state index contributed by atoms with van der Waals surface area (Å²) in [5, 5.41) is 0.422. The van der Waals surface area contributed by atoms with Gasteiger partial charge >= 0.3 is 0 Å². The van der Waals surface area contributed by atoms with Gasteiger partial charge in [-0.05, 0) is 30.3 Å². The van der Waals surface area contributed by atoms with Gasteiger partial charge in [0.2, 0.25) is 5.89 Å². The van der Waals surface area contributed by atoms with Gasteiger partial charge in [-0.15, -0.1) is 0 Å². The van der Waals surface area contributed by atoms with Crippen LogP contribution in [-0.2, 0) is 6.54 Å². The Morgan fingerprint density at radius 3 is 2.58 bits per heavy atom. The molecule has 0 amide bonds. The fourth-order valence-corrected chi connectivity index (χ4v) is 2.77. The average Bonchev–Trinajstić information content (AvgIpc) is 3.02. The van der Waals surface area contributed by atoms with E-state index in [-0.39, 0.29) is 5.82 Å². The third-order valence-corrected chi connectivity index (χ3v) is 4.15. The van der Waals surface area contributed by atoms with E-state index >= 15 is 0 Å². The quantitative estimate of drug-likeness (QED) is 0.510. The summed E-state index contributed by atoms with van der Waals surface area (Å²) in [5.41, 5.74) is 3.36. The van der Waals surface area contributed by atoms with Crippen LogP contribution in [0.4, 0.5) is 4.39 Å². The van der Waals surface area contributed by atoms with E-state index in [1.807, 2.05) is 53.4 Å². The Morgan fingerprint density at radius 1 is 1.04 bits per heavy atom. The van der Waals surface area contributed by atoms with Gasteiger partial charge < -0.3 is 4.42 Å². The van der Waals surface area contributed by atoms with Gasteiger partial charge in [-0.25, -0.2) is 13.9 Å². The van der Waals surface area contributed by atoms with Crippen molar-refractivity contribution in [2.75, 3.05) is 0 Å². The van der Waals surface area contributed by atoms with Crippen LogP contribution >= 0.6 is 11.6 Å². The molecule has 0 aliphatic carbocycles. The second-order valence-electron chi connectivity index (χ2n) is 5.48. The molecule has 24 heavy (non-hydrogen) atoms. The molecule has 4 rings (SSSR count). The molecule has 0 spiro atoms. The van der Waals surface area contributed by atoms with E-state index in [4.69, 9.17) is 16.0 Å². The smallest absolute Gasteiger partial charge is 0.227 e. The SMILES string of the molecule is Fc1ccc(C[n+]2ccc(-c3nc4ccccc4o3)cc2)c(Cl)c1. The Labute approximate surface area is 143 Å². The number of hydrogen-bond acceptors (Lipinski definition) is 2. The molecule has 0 aliphatic heterocycles. The third-order valence-electron chi connectivity index (χ3n) is 3.80. The van der Waals surface area contributed by atoms with Crippen LogP contribution in [0, 0.1) is 5.82 Å². The highest BCUT2D eigenvalue weighted by molar-refractivity contribution is 6.31. The lowest BCUT2D eigenvalue weighted by atomic mass is 10.2. The monoisotopic (exact) mass is 339 g/mol. The minimum atomic E-state index is -0.333. The van der Waals surface area contributed by atoms with Crippen LogP contribution in [0.3, 0.4) is 0 Å². The molecule has 2 aromatic heterocycles. The summed E-state index contributed by atoms with van der Waals surface area (Å²) < 4.78 is 20.8. The van der Waals surface area contributed by atoms with Crippen LogP contribution in [0.2, 0.25) is 5.02 Å². The predicted molar refractivity (Wildman–Crippen MR) is 90.2 cm³/mol. The summed E-state index contributed by atoms with van der Waals surface area (Å²) in [7, 11) is 0. The average molecular weight is 340 g/mol. The number of pyridine rings is 1. The lowest BCUT2D eigenvalue weighted by Gasteiger charge is -2.01. The Morgan fingerprint density at radius 2 is 1.83 bits per heavy atom. The molecule has 118 valence electrons. The Hall–Kier alpha value is -2.72. The molecule has 3 nitrogen and oxygen atoms in total. The molecule has 4 aromatic rings. The van der Waals surface area contributed by atoms with Crippen LogP contribution in [0.1, 0.15) is 5.56 Å². The highest BCUT2D eigenvalue weighted by atomic mass is 35.5. The second kappa shape index (κ2) is 6.06. The van der Waals surface area contributed by atoms with Crippen LogP contribution in [0.15, 0.2) is 71.4 Å². The van der Waals surface area contributed by atoms with Crippen molar-refractivity contribution in [3.63, 3.8) is 0 Å². The van der Waals surface area contributed by atoms with Gasteiger partial charge in [-0.1, -0.05) is 23.7 Å². The molecule has 0 saturated heterocycles. The minimum Gasteiger partial charge on any atom is -0.436 e. The third kappa shape index (κ3) is 2.88. The molecule has 0 unspecified atom stereocenters. The number of fused-ring (bicyclic) bond motifs is 1. The van der Waals surface area contributed by atoms with Crippen molar-refractivity contribution in [1.82, 2.24) is 4.98 Å². The van der Waals surface area contributed by atoms with Gasteiger partial charge in [-0.3, -0.25) is 0 Å². The van der Waals surface area contributed by atoms with E-state index in [0.29, 0.717) is 17.5 Å². The van der Waals surface area contributed by atoms with Gasteiger partial charge in [-0.2, -0.15) is 0 Å². The Kier molecular flexibility index (Phi) is 3.75. The van der Waals surface area contributed by atoms with Crippen LogP contribution in [0.5, 0.6) is 0 Å². The van der Waals surface area contributed by atoms with Crippen LogP contribution in [-0.4, -0.2) is 4.98 Å². The second-order valence-corrected chi connectivity index (χ2v) is 5.89. The molecular formula is C19H13ClFN2O+. The summed E-state index contributed by atoms with van der Waals surface area (Å²) in [6, 6.07) is 16.0. The number of hydrogen-bond donors (Lipinski definition) is 0. The summed E-state index contributed by atoms with van der Waals surface area (Å²) in [4.78, 5) is 4.48. The lowest BCUT2D eigenvalue weighted by molar-refractivity contribution is -0.688. The number of nitrogens with zero attached hydrogens (tertiary/aromatic N) is 2. The topological polar surface area (TPSA) is 29.9 Å². The maximum absolute atomic E-state index is 13.1. The molecule has 2 aromatic carbocycles. The maximum atomic E-state index is 13.1. The first-order valence-electron chi connectivity index (χ1n) is 7.48. The Balaban J connectivity index is 1.60. The van der Waals surface area contributed by atoms with Gasteiger partial charge in [0.15, 0.2) is 24.5 Å². The van der Waals surface area contributed by atoms with Crippen molar-refractivity contribution < 1.29 is 13.4 Å². The molecule has 2 heterocycles. The zero-order valence-corrected chi connectivity index (χ0v) is 13.4. The summed E-state index contributed by atoms with van der Waals surface area (Å²) in [6.45, 7) is 0.562. The van der Waals surface area contributed by atoms with E-state index in [1.165, 1.54) is 12.1 Å². The first-order chi connectivity index (χ1) is 11.7. The standard InChI is InChI=1S/C19H13ClFN2O/c20-16-11-15(21)6-5-14(16)12-23-9-7-13(8-10-23)19-22-17-3-1-2-4-18(17)24-19/h1-11H,12H2/q+1. The molecule has 0 fully saturated rings. The van der Waals surface area contributed by atoms with Gasteiger partial charge in [0.05, 0.1) is 5.02 Å². The van der Waals surface area contributed by atoms with Gasteiger partial charge in [0.1, 0.15) is 11.3 Å². The minimum absolute atomic E-state index is 0.333. The number of halogens is 2. The molecule has 0 N–H and O–H groups in total. The highest BCUT2D eigenvalue weighted by Crippen LogP contribution is 2.23. The van der Waals surface area contributed by atoms with Crippen molar-refractivity contribution in [2.45, 2.75) is 6.54 Å². The van der Waals surface area contributed by atoms with E-state index in [1.54, 1.807) is 6.07 Å². The molecule has 5 heteroatoms. The van der Waals surface area contributed by atoms with Crippen LogP contribution < -0.4 is 4.57 Å². The van der Waals surface area contributed by atoms with Crippen molar-refractivity contribution in [2.24, 2.45) is 0 Å². The van der Waals surface area contributed by atoms with Crippen LogP contribution in [0.25, 0.3) is 22.6 Å². The predicted octanol–water partition coefficient (Wildman–Crippen LogP) is 4.62. The summed E-state index contributed by atoms with van der Waals surface area (Å²) in [6.07, 6.45) is 3.84. The van der Waals surface area contributed by atoms with Gasteiger partial charge in [0, 0.05) is 23.3 Å². The van der Waals surface area contributed by atoms with E-state index < -0.39 is 0 Å². The number of para-hydroxylation sites is 2. The largest absolute Gasteiger partial charge is 0.436 e. The lowest BCUT2D eigenvalue weighted by Crippen LogP contribution is -2.33.